The monoisotopic (exact) mass is 450 g/mol. The van der Waals surface area contributed by atoms with Gasteiger partial charge in [-0.05, 0) is 54.3 Å². The van der Waals surface area contributed by atoms with Crippen molar-refractivity contribution in [3.05, 3.63) is 95.1 Å². The van der Waals surface area contributed by atoms with E-state index in [0.717, 1.165) is 22.3 Å². The number of nitrogens with one attached hydrogen (secondary N) is 1. The molecule has 0 radical (unpaired) electrons. The van der Waals surface area contributed by atoms with E-state index >= 15 is 0 Å². The first-order valence-electron chi connectivity index (χ1n) is 10.4. The Morgan fingerprint density at radius 1 is 1.03 bits per heavy atom. The number of amides is 1. The molecule has 1 N–H and O–H groups in total. The van der Waals surface area contributed by atoms with Crippen LogP contribution in [0.4, 0.5) is 0 Å². The van der Waals surface area contributed by atoms with Crippen molar-refractivity contribution in [2.24, 2.45) is 0 Å². The zero-order chi connectivity index (χ0) is 22.7. The summed E-state index contributed by atoms with van der Waals surface area (Å²) >= 11 is 0. The molecule has 3 aromatic carbocycles. The molecule has 0 saturated carbocycles. The topological polar surface area (TPSA) is 75.7 Å². The molecule has 4 rings (SSSR count). The summed E-state index contributed by atoms with van der Waals surface area (Å²) < 4.78 is 33.6. The average Bonchev–Trinajstić information content (AvgIpc) is 2.82. The average molecular weight is 451 g/mol. The zero-order valence-electron chi connectivity index (χ0n) is 18.1. The van der Waals surface area contributed by atoms with Crippen molar-refractivity contribution in [1.29, 1.82) is 0 Å². The fourth-order valence-corrected chi connectivity index (χ4v) is 5.48. The molecule has 1 atom stereocenters. The van der Waals surface area contributed by atoms with E-state index in [-0.39, 0.29) is 23.9 Å². The van der Waals surface area contributed by atoms with Crippen LogP contribution in [0, 0.1) is 6.92 Å². The van der Waals surface area contributed by atoms with Gasteiger partial charge in [0.05, 0.1) is 12.0 Å². The van der Waals surface area contributed by atoms with Crippen LogP contribution >= 0.6 is 0 Å². The predicted molar refractivity (Wildman–Crippen MR) is 123 cm³/mol. The number of hydrogen-bond acceptors (Lipinski definition) is 4. The maximum Gasteiger partial charge on any atom is 0.244 e. The smallest absolute Gasteiger partial charge is 0.244 e. The molecule has 0 saturated heterocycles. The third-order valence-corrected chi connectivity index (χ3v) is 7.61. The van der Waals surface area contributed by atoms with Crippen LogP contribution in [0.5, 0.6) is 5.75 Å². The number of sulfonamides is 1. The Balaban J connectivity index is 1.62. The van der Waals surface area contributed by atoms with E-state index in [1.165, 1.54) is 4.31 Å². The van der Waals surface area contributed by atoms with E-state index in [2.05, 4.69) is 5.32 Å². The van der Waals surface area contributed by atoms with Crippen LogP contribution in [0.15, 0.2) is 77.7 Å². The van der Waals surface area contributed by atoms with E-state index in [1.54, 1.807) is 31.4 Å². The number of ether oxygens (including phenoxy) is 1. The van der Waals surface area contributed by atoms with Crippen LogP contribution in [0.3, 0.4) is 0 Å². The third-order valence-electron chi connectivity index (χ3n) is 5.74. The number of carbonyl (C=O) groups excluding carboxylic acids is 1. The number of aryl methyl sites for hydroxylation is 1. The Morgan fingerprint density at radius 2 is 1.75 bits per heavy atom. The van der Waals surface area contributed by atoms with Crippen molar-refractivity contribution >= 4 is 15.9 Å². The summed E-state index contributed by atoms with van der Waals surface area (Å²) in [5.41, 5.74) is 3.76. The molecule has 0 spiro atoms. The normalized spacial score (nSPS) is 16.2. The van der Waals surface area contributed by atoms with Crippen LogP contribution in [0.1, 0.15) is 22.3 Å². The predicted octanol–water partition coefficient (Wildman–Crippen LogP) is 3.44. The van der Waals surface area contributed by atoms with Gasteiger partial charge in [-0.1, -0.05) is 54.1 Å². The van der Waals surface area contributed by atoms with Gasteiger partial charge in [0.2, 0.25) is 15.9 Å². The van der Waals surface area contributed by atoms with Crippen LogP contribution in [-0.2, 0) is 34.3 Å². The van der Waals surface area contributed by atoms with Crippen molar-refractivity contribution in [3.8, 4) is 5.75 Å². The van der Waals surface area contributed by atoms with Crippen LogP contribution in [0.25, 0.3) is 0 Å². The molecule has 6 nitrogen and oxygen atoms in total. The summed E-state index contributed by atoms with van der Waals surface area (Å²) in [6.07, 6.45) is 0.325. The summed E-state index contributed by atoms with van der Waals surface area (Å²) in [5, 5.41) is 2.91. The van der Waals surface area contributed by atoms with E-state index in [4.69, 9.17) is 4.74 Å². The van der Waals surface area contributed by atoms with Gasteiger partial charge < -0.3 is 10.1 Å². The Hall–Kier alpha value is -3.16. The molecule has 0 unspecified atom stereocenters. The van der Waals surface area contributed by atoms with Crippen molar-refractivity contribution in [2.75, 3.05) is 7.11 Å². The minimum Gasteiger partial charge on any atom is -0.497 e. The number of methoxy groups -OCH3 is 1. The van der Waals surface area contributed by atoms with Crippen molar-refractivity contribution < 1.29 is 17.9 Å². The van der Waals surface area contributed by atoms with Crippen LogP contribution in [-0.4, -0.2) is 31.8 Å². The Labute approximate surface area is 188 Å². The molecule has 32 heavy (non-hydrogen) atoms. The first-order valence-corrected chi connectivity index (χ1v) is 11.9. The van der Waals surface area contributed by atoms with E-state index < -0.39 is 16.1 Å². The first-order chi connectivity index (χ1) is 15.4. The molecule has 0 aliphatic carbocycles. The summed E-state index contributed by atoms with van der Waals surface area (Å²) in [5.74, 6) is 0.380. The lowest BCUT2D eigenvalue weighted by atomic mass is 9.95. The van der Waals surface area contributed by atoms with E-state index in [9.17, 15) is 13.2 Å². The molecule has 0 bridgehead atoms. The molecular weight excluding hydrogens is 424 g/mol. The number of carbonyl (C=O) groups is 1. The van der Waals surface area contributed by atoms with Gasteiger partial charge in [0.1, 0.15) is 11.8 Å². The second-order valence-corrected chi connectivity index (χ2v) is 9.81. The third kappa shape index (κ3) is 4.54. The van der Waals surface area contributed by atoms with Gasteiger partial charge in [-0.3, -0.25) is 4.79 Å². The zero-order valence-corrected chi connectivity index (χ0v) is 18.9. The van der Waals surface area contributed by atoms with Crippen molar-refractivity contribution in [2.45, 2.75) is 37.4 Å². The molecule has 3 aromatic rings. The molecule has 1 aliphatic rings. The van der Waals surface area contributed by atoms with E-state index in [0.29, 0.717) is 12.2 Å². The Morgan fingerprint density at radius 3 is 2.47 bits per heavy atom. The van der Waals surface area contributed by atoms with Crippen molar-refractivity contribution in [3.63, 3.8) is 0 Å². The van der Waals surface area contributed by atoms with Gasteiger partial charge in [0.15, 0.2) is 0 Å². The number of benzene rings is 3. The molecular formula is C25H26N2O4S. The lowest BCUT2D eigenvalue weighted by Crippen LogP contribution is -2.52. The lowest BCUT2D eigenvalue weighted by molar-refractivity contribution is -0.125. The maximum atomic E-state index is 13.5. The lowest BCUT2D eigenvalue weighted by Gasteiger charge is -2.35. The molecule has 0 aromatic heterocycles. The van der Waals surface area contributed by atoms with E-state index in [1.807, 2.05) is 55.5 Å². The molecule has 1 amide bonds. The van der Waals surface area contributed by atoms with Gasteiger partial charge in [0, 0.05) is 13.1 Å². The fraction of sp³-hybridized carbons (Fsp3) is 0.240. The molecule has 1 heterocycles. The van der Waals surface area contributed by atoms with Gasteiger partial charge in [-0.2, -0.15) is 4.31 Å². The minimum absolute atomic E-state index is 0.156. The minimum atomic E-state index is -3.86. The largest absolute Gasteiger partial charge is 0.497 e. The first kappa shape index (κ1) is 22.0. The Kier molecular flexibility index (Phi) is 6.30. The second kappa shape index (κ2) is 9.14. The van der Waals surface area contributed by atoms with Gasteiger partial charge >= 0.3 is 0 Å². The maximum absolute atomic E-state index is 13.5. The standard InChI is InChI=1S/C25H26N2O4S/c1-18-10-12-23(13-11-18)32(29,30)27-17-21-8-4-3-7-20(21)15-24(27)25(28)26-16-19-6-5-9-22(14-19)31-2/h3-14,24H,15-17H2,1-2H3,(H,26,28)/t24-/m1/s1. The molecule has 166 valence electrons. The summed E-state index contributed by atoms with van der Waals surface area (Å²) in [4.78, 5) is 13.4. The van der Waals surface area contributed by atoms with Gasteiger partial charge in [0.25, 0.3) is 0 Å². The quantitative estimate of drug-likeness (QED) is 0.624. The summed E-state index contributed by atoms with van der Waals surface area (Å²) in [6, 6.07) is 21.0. The SMILES string of the molecule is COc1cccc(CNC(=O)[C@H]2Cc3ccccc3CN2S(=O)(=O)c2ccc(C)cc2)c1. The summed E-state index contributed by atoms with van der Waals surface area (Å²) in [7, 11) is -2.27. The number of rotatable bonds is 6. The fourth-order valence-electron chi connectivity index (χ4n) is 3.91. The molecule has 0 fully saturated rings. The van der Waals surface area contributed by atoms with Crippen molar-refractivity contribution in [1.82, 2.24) is 9.62 Å². The van der Waals surface area contributed by atoms with Gasteiger partial charge in [-0.25, -0.2) is 8.42 Å². The molecule has 7 heteroatoms. The highest BCUT2D eigenvalue weighted by Gasteiger charge is 2.39. The number of hydrogen-bond donors (Lipinski definition) is 1. The highest BCUT2D eigenvalue weighted by atomic mass is 32.2. The summed E-state index contributed by atoms with van der Waals surface area (Å²) in [6.45, 7) is 2.35. The highest BCUT2D eigenvalue weighted by Crippen LogP contribution is 2.29. The highest BCUT2D eigenvalue weighted by molar-refractivity contribution is 7.89. The van der Waals surface area contributed by atoms with Crippen LogP contribution in [0.2, 0.25) is 0 Å². The number of nitrogens with zero attached hydrogens (tertiary/aromatic N) is 1. The van der Waals surface area contributed by atoms with Crippen LogP contribution < -0.4 is 10.1 Å². The van der Waals surface area contributed by atoms with Gasteiger partial charge in [-0.15, -0.1) is 0 Å². The Bertz CT molecular complexity index is 1220. The molecule has 1 aliphatic heterocycles. The second-order valence-electron chi connectivity index (χ2n) is 7.92. The number of fused-ring (bicyclic) bond motifs is 1.